The average molecular weight is 497 g/mol. The lowest BCUT2D eigenvalue weighted by Crippen LogP contribution is -2.47. The van der Waals surface area contributed by atoms with Crippen molar-refractivity contribution < 1.29 is 9.31 Å². The summed E-state index contributed by atoms with van der Waals surface area (Å²) in [6.07, 6.45) is 3.58. The maximum absolute atomic E-state index is 5.94. The zero-order chi connectivity index (χ0) is 26.0. The monoisotopic (exact) mass is 497 g/mol. The van der Waals surface area contributed by atoms with Crippen molar-refractivity contribution in [3.8, 4) is 45.0 Å². The second kappa shape index (κ2) is 10.3. The minimum atomic E-state index is -0.298. The lowest BCUT2D eigenvalue weighted by atomic mass is 9.75. The standard InChI is InChI=1S/C32H28BN3O2/c1-32(2)21-37-33(38-22-32)27-15-13-24(14-16-27)23-9-11-25(12-10-23)26-19-30(28-7-3-5-17-34-28)36-31(20-26)29-8-4-6-18-35-29/h3-20H,21-22H2,1-2H3. The Morgan fingerprint density at radius 1 is 0.579 bits per heavy atom. The van der Waals surface area contributed by atoms with E-state index in [9.17, 15) is 0 Å². The Morgan fingerprint density at radius 2 is 1.05 bits per heavy atom. The van der Waals surface area contributed by atoms with Crippen LogP contribution in [0.25, 0.3) is 45.0 Å². The minimum absolute atomic E-state index is 0.0593. The van der Waals surface area contributed by atoms with Gasteiger partial charge in [0.25, 0.3) is 0 Å². The summed E-state index contributed by atoms with van der Waals surface area (Å²) in [5.74, 6) is 0. The highest BCUT2D eigenvalue weighted by Crippen LogP contribution is 2.30. The van der Waals surface area contributed by atoms with Gasteiger partial charge in [-0.2, -0.15) is 0 Å². The lowest BCUT2D eigenvalue weighted by Gasteiger charge is -2.33. The molecule has 0 N–H and O–H groups in total. The fraction of sp³-hybridized carbons (Fsp3) is 0.156. The minimum Gasteiger partial charge on any atom is -0.407 e. The summed E-state index contributed by atoms with van der Waals surface area (Å²) in [4.78, 5) is 13.9. The van der Waals surface area contributed by atoms with E-state index in [-0.39, 0.29) is 12.5 Å². The number of aromatic nitrogens is 3. The van der Waals surface area contributed by atoms with E-state index in [2.05, 4.69) is 84.5 Å². The number of pyridine rings is 3. The molecule has 0 saturated carbocycles. The van der Waals surface area contributed by atoms with Crippen LogP contribution in [0.2, 0.25) is 0 Å². The third-order valence-corrected chi connectivity index (χ3v) is 6.67. The Bertz CT molecular complexity index is 1460. The van der Waals surface area contributed by atoms with Gasteiger partial charge in [-0.05, 0) is 64.1 Å². The lowest BCUT2D eigenvalue weighted by molar-refractivity contribution is 0.0343. The summed E-state index contributed by atoms with van der Waals surface area (Å²) in [5, 5.41) is 0. The van der Waals surface area contributed by atoms with Crippen molar-refractivity contribution in [3.05, 3.63) is 109 Å². The Hall–Kier alpha value is -4.13. The third-order valence-electron chi connectivity index (χ3n) is 6.67. The molecule has 1 saturated heterocycles. The molecular formula is C32H28BN3O2. The van der Waals surface area contributed by atoms with Gasteiger partial charge in [-0.15, -0.1) is 0 Å². The van der Waals surface area contributed by atoms with Crippen LogP contribution in [0.5, 0.6) is 0 Å². The van der Waals surface area contributed by atoms with E-state index in [1.807, 2.05) is 36.4 Å². The van der Waals surface area contributed by atoms with Crippen molar-refractivity contribution in [2.75, 3.05) is 13.2 Å². The molecule has 0 radical (unpaired) electrons. The Balaban J connectivity index is 1.28. The van der Waals surface area contributed by atoms with Crippen LogP contribution in [0.4, 0.5) is 0 Å². The van der Waals surface area contributed by atoms with Crippen LogP contribution >= 0.6 is 0 Å². The van der Waals surface area contributed by atoms with Crippen LogP contribution in [0, 0.1) is 5.41 Å². The van der Waals surface area contributed by atoms with Crippen LogP contribution in [0.15, 0.2) is 109 Å². The van der Waals surface area contributed by atoms with E-state index in [1.165, 1.54) is 0 Å². The first kappa shape index (κ1) is 24.2. The molecule has 2 aromatic carbocycles. The van der Waals surface area contributed by atoms with Gasteiger partial charge in [-0.3, -0.25) is 9.97 Å². The summed E-state index contributed by atoms with van der Waals surface area (Å²) >= 11 is 0. The van der Waals surface area contributed by atoms with E-state index in [0.717, 1.165) is 50.5 Å². The second-order valence-corrected chi connectivity index (χ2v) is 10.4. The highest BCUT2D eigenvalue weighted by Gasteiger charge is 2.33. The predicted octanol–water partition coefficient (Wildman–Crippen LogP) is 6.31. The fourth-order valence-electron chi connectivity index (χ4n) is 4.56. The molecule has 0 bridgehead atoms. The van der Waals surface area contributed by atoms with E-state index in [4.69, 9.17) is 14.3 Å². The normalized spacial score (nSPS) is 14.8. The van der Waals surface area contributed by atoms with Gasteiger partial charge in [0.05, 0.1) is 22.8 Å². The van der Waals surface area contributed by atoms with Gasteiger partial charge in [-0.25, -0.2) is 4.98 Å². The van der Waals surface area contributed by atoms with Gasteiger partial charge in [0.15, 0.2) is 0 Å². The quantitative estimate of drug-likeness (QED) is 0.267. The first-order chi connectivity index (χ1) is 18.5. The van der Waals surface area contributed by atoms with Crippen LogP contribution < -0.4 is 5.46 Å². The van der Waals surface area contributed by atoms with Crippen molar-refractivity contribution in [1.29, 1.82) is 0 Å². The van der Waals surface area contributed by atoms with Crippen molar-refractivity contribution in [2.24, 2.45) is 5.41 Å². The summed E-state index contributed by atoms with van der Waals surface area (Å²) < 4.78 is 11.9. The molecule has 5 aromatic rings. The molecule has 6 rings (SSSR count). The highest BCUT2D eigenvalue weighted by atomic mass is 16.6. The number of hydrogen-bond donors (Lipinski definition) is 0. The second-order valence-electron chi connectivity index (χ2n) is 10.4. The summed E-state index contributed by atoms with van der Waals surface area (Å²) in [6.45, 7) is 5.70. The van der Waals surface area contributed by atoms with Crippen molar-refractivity contribution in [1.82, 2.24) is 15.0 Å². The zero-order valence-corrected chi connectivity index (χ0v) is 21.5. The van der Waals surface area contributed by atoms with E-state index in [1.54, 1.807) is 12.4 Å². The molecule has 0 unspecified atom stereocenters. The maximum atomic E-state index is 5.94. The molecular weight excluding hydrogens is 469 g/mol. The van der Waals surface area contributed by atoms with E-state index in [0.29, 0.717) is 13.2 Å². The van der Waals surface area contributed by atoms with Crippen molar-refractivity contribution in [2.45, 2.75) is 13.8 Å². The summed E-state index contributed by atoms with van der Waals surface area (Å²) in [7, 11) is -0.298. The molecule has 1 fully saturated rings. The SMILES string of the molecule is CC1(C)COB(c2ccc(-c3ccc(-c4cc(-c5ccccn5)nc(-c5ccccn5)c4)cc3)cc2)OC1. The highest BCUT2D eigenvalue weighted by molar-refractivity contribution is 6.61. The molecule has 0 amide bonds. The molecule has 186 valence electrons. The van der Waals surface area contributed by atoms with Gasteiger partial charge < -0.3 is 9.31 Å². The predicted molar refractivity (Wildman–Crippen MR) is 153 cm³/mol. The molecule has 4 heterocycles. The molecule has 1 aliphatic rings. The molecule has 6 heteroatoms. The molecule has 0 aliphatic carbocycles. The van der Waals surface area contributed by atoms with Gasteiger partial charge in [-0.1, -0.05) is 74.5 Å². The molecule has 38 heavy (non-hydrogen) atoms. The van der Waals surface area contributed by atoms with Crippen molar-refractivity contribution >= 4 is 12.6 Å². The topological polar surface area (TPSA) is 57.1 Å². The number of rotatable bonds is 5. The third kappa shape index (κ3) is 5.28. The van der Waals surface area contributed by atoms with E-state index >= 15 is 0 Å². The van der Waals surface area contributed by atoms with Gasteiger partial charge >= 0.3 is 7.12 Å². The zero-order valence-electron chi connectivity index (χ0n) is 21.5. The van der Waals surface area contributed by atoms with E-state index < -0.39 is 0 Å². The summed E-state index contributed by atoms with van der Waals surface area (Å²) in [5.41, 5.74) is 8.87. The maximum Gasteiger partial charge on any atom is 0.493 e. The van der Waals surface area contributed by atoms with Crippen LogP contribution in [0.3, 0.4) is 0 Å². The molecule has 3 aromatic heterocycles. The molecule has 1 aliphatic heterocycles. The van der Waals surface area contributed by atoms with Crippen LogP contribution in [-0.4, -0.2) is 35.3 Å². The van der Waals surface area contributed by atoms with Gasteiger partial charge in [0.1, 0.15) is 0 Å². The Labute approximate surface area is 223 Å². The average Bonchev–Trinajstić information content (AvgIpc) is 2.98. The number of hydrogen-bond acceptors (Lipinski definition) is 5. The Morgan fingerprint density at radius 3 is 1.53 bits per heavy atom. The number of nitrogens with zero attached hydrogens (tertiary/aromatic N) is 3. The van der Waals surface area contributed by atoms with Crippen LogP contribution in [0.1, 0.15) is 13.8 Å². The molecule has 5 nitrogen and oxygen atoms in total. The van der Waals surface area contributed by atoms with Gasteiger partial charge in [0.2, 0.25) is 0 Å². The summed E-state index contributed by atoms with van der Waals surface area (Å²) in [6, 6.07) is 33.0. The Kier molecular flexibility index (Phi) is 6.58. The smallest absolute Gasteiger partial charge is 0.407 e. The fourth-order valence-corrected chi connectivity index (χ4v) is 4.56. The van der Waals surface area contributed by atoms with Gasteiger partial charge in [0, 0.05) is 31.0 Å². The molecule has 0 spiro atoms. The molecule has 0 atom stereocenters. The largest absolute Gasteiger partial charge is 0.493 e. The van der Waals surface area contributed by atoms with Crippen molar-refractivity contribution in [3.63, 3.8) is 0 Å². The first-order valence-corrected chi connectivity index (χ1v) is 12.8. The van der Waals surface area contributed by atoms with Crippen LogP contribution in [-0.2, 0) is 9.31 Å². The first-order valence-electron chi connectivity index (χ1n) is 12.8. The number of benzene rings is 2.